The maximum atomic E-state index is 5.50. The molecule has 0 radical (unpaired) electrons. The highest BCUT2D eigenvalue weighted by Gasteiger charge is 2.35. The average Bonchev–Trinajstić information content (AvgIpc) is 2.51. The molecule has 0 amide bonds. The first-order valence-corrected chi connectivity index (χ1v) is 9.52. The summed E-state index contributed by atoms with van der Waals surface area (Å²) in [6, 6.07) is 9.94. The van der Waals surface area contributed by atoms with Crippen LogP contribution in [-0.2, 0) is 0 Å². The van der Waals surface area contributed by atoms with Crippen LogP contribution in [-0.4, -0.2) is 30.7 Å². The monoisotopic (exact) mass is 305 g/mol. The lowest BCUT2D eigenvalue weighted by molar-refractivity contribution is 0.238. The standard InChI is InChI=1S/C18H27NOS/c1-20-17-9-5-3-7-15(17)13-11-14(12-13)19-16-8-4-6-10-18(16)21-2/h3,5,7,9,13-14,16,18-19H,4,6,8,10-12H2,1-2H3. The van der Waals surface area contributed by atoms with Gasteiger partial charge in [-0.1, -0.05) is 31.0 Å². The summed E-state index contributed by atoms with van der Waals surface area (Å²) in [5.74, 6) is 1.73. The molecule has 3 heteroatoms. The molecule has 0 saturated heterocycles. The molecule has 3 rings (SSSR count). The van der Waals surface area contributed by atoms with Crippen LogP contribution in [0.2, 0.25) is 0 Å². The molecular weight excluding hydrogens is 278 g/mol. The Bertz CT molecular complexity index is 458. The summed E-state index contributed by atoms with van der Waals surface area (Å²) in [7, 11) is 1.78. The quantitative estimate of drug-likeness (QED) is 0.880. The molecule has 1 N–H and O–H groups in total. The first-order valence-electron chi connectivity index (χ1n) is 8.23. The van der Waals surface area contributed by atoms with Crippen molar-refractivity contribution in [2.45, 2.75) is 61.8 Å². The summed E-state index contributed by atoms with van der Waals surface area (Å²) < 4.78 is 5.50. The van der Waals surface area contributed by atoms with Crippen molar-refractivity contribution in [2.75, 3.05) is 13.4 Å². The molecule has 0 aromatic heterocycles. The number of rotatable bonds is 5. The lowest BCUT2D eigenvalue weighted by atomic mass is 9.75. The maximum Gasteiger partial charge on any atom is 0.122 e. The number of ether oxygens (including phenoxy) is 1. The van der Waals surface area contributed by atoms with Gasteiger partial charge in [0.05, 0.1) is 7.11 Å². The Balaban J connectivity index is 1.53. The zero-order valence-electron chi connectivity index (χ0n) is 13.2. The minimum absolute atomic E-state index is 0.676. The lowest BCUT2D eigenvalue weighted by Gasteiger charge is -2.42. The number of nitrogens with one attached hydrogen (secondary N) is 1. The highest BCUT2D eigenvalue weighted by atomic mass is 32.2. The van der Waals surface area contributed by atoms with E-state index in [1.807, 2.05) is 0 Å². The summed E-state index contributed by atoms with van der Waals surface area (Å²) >= 11 is 2.05. The Labute approximate surface area is 133 Å². The van der Waals surface area contributed by atoms with Gasteiger partial charge in [-0.2, -0.15) is 11.8 Å². The average molecular weight is 305 g/mol. The molecule has 2 aliphatic carbocycles. The molecule has 0 aliphatic heterocycles. The van der Waals surface area contributed by atoms with Crippen molar-refractivity contribution in [1.82, 2.24) is 5.32 Å². The Kier molecular flexibility index (Phi) is 5.12. The van der Waals surface area contributed by atoms with Crippen molar-refractivity contribution in [3.63, 3.8) is 0 Å². The van der Waals surface area contributed by atoms with Crippen LogP contribution in [0.3, 0.4) is 0 Å². The smallest absolute Gasteiger partial charge is 0.122 e. The van der Waals surface area contributed by atoms with Gasteiger partial charge in [0.2, 0.25) is 0 Å². The molecule has 1 aromatic carbocycles. The van der Waals surface area contributed by atoms with Crippen LogP contribution in [0.25, 0.3) is 0 Å². The fourth-order valence-corrected chi connectivity index (χ4v) is 4.83. The third kappa shape index (κ3) is 3.40. The van der Waals surface area contributed by atoms with Crippen molar-refractivity contribution < 1.29 is 4.74 Å². The normalized spacial score (nSPS) is 32.5. The minimum Gasteiger partial charge on any atom is -0.496 e. The third-order valence-electron chi connectivity index (χ3n) is 5.17. The molecule has 2 atom stereocenters. The largest absolute Gasteiger partial charge is 0.496 e. The van der Waals surface area contributed by atoms with Gasteiger partial charge in [-0.25, -0.2) is 0 Å². The lowest BCUT2D eigenvalue weighted by Crippen LogP contribution is -2.50. The molecule has 116 valence electrons. The van der Waals surface area contributed by atoms with E-state index in [2.05, 4.69) is 47.6 Å². The van der Waals surface area contributed by atoms with Crippen molar-refractivity contribution in [2.24, 2.45) is 0 Å². The van der Waals surface area contributed by atoms with E-state index in [-0.39, 0.29) is 0 Å². The van der Waals surface area contributed by atoms with Gasteiger partial charge in [0, 0.05) is 17.3 Å². The van der Waals surface area contributed by atoms with Crippen LogP contribution in [0.15, 0.2) is 24.3 Å². The fourth-order valence-electron chi connectivity index (χ4n) is 3.88. The van der Waals surface area contributed by atoms with Crippen LogP contribution < -0.4 is 10.1 Å². The van der Waals surface area contributed by atoms with E-state index >= 15 is 0 Å². The van der Waals surface area contributed by atoms with Gasteiger partial charge in [-0.15, -0.1) is 0 Å². The van der Waals surface area contributed by atoms with Gasteiger partial charge in [-0.3, -0.25) is 0 Å². The Morgan fingerprint density at radius 3 is 2.67 bits per heavy atom. The Hall–Kier alpha value is -0.670. The number of para-hydroxylation sites is 1. The van der Waals surface area contributed by atoms with Crippen LogP contribution in [0, 0.1) is 0 Å². The summed E-state index contributed by atoms with van der Waals surface area (Å²) in [6.45, 7) is 0. The van der Waals surface area contributed by atoms with E-state index in [1.54, 1.807) is 7.11 Å². The number of benzene rings is 1. The molecule has 2 aliphatic rings. The minimum atomic E-state index is 0.676. The zero-order valence-corrected chi connectivity index (χ0v) is 14.0. The predicted molar refractivity (Wildman–Crippen MR) is 91.5 cm³/mol. The summed E-state index contributed by atoms with van der Waals surface area (Å²) in [4.78, 5) is 0. The van der Waals surface area contributed by atoms with Crippen molar-refractivity contribution in [3.05, 3.63) is 29.8 Å². The Morgan fingerprint density at radius 1 is 1.14 bits per heavy atom. The highest BCUT2D eigenvalue weighted by Crippen LogP contribution is 2.41. The van der Waals surface area contributed by atoms with Crippen LogP contribution in [0.5, 0.6) is 5.75 Å². The van der Waals surface area contributed by atoms with Crippen molar-refractivity contribution >= 4 is 11.8 Å². The van der Waals surface area contributed by atoms with Gasteiger partial charge in [-0.05, 0) is 49.5 Å². The van der Waals surface area contributed by atoms with Crippen molar-refractivity contribution in [1.29, 1.82) is 0 Å². The first kappa shape index (κ1) is 15.2. The molecule has 2 nitrogen and oxygen atoms in total. The maximum absolute atomic E-state index is 5.50. The summed E-state index contributed by atoms with van der Waals surface area (Å²) in [5.41, 5.74) is 1.39. The predicted octanol–water partition coefficient (Wildman–Crippen LogP) is 4.21. The molecule has 21 heavy (non-hydrogen) atoms. The molecule has 2 saturated carbocycles. The zero-order chi connectivity index (χ0) is 14.7. The molecule has 2 unspecified atom stereocenters. The van der Waals surface area contributed by atoms with Crippen molar-refractivity contribution in [3.8, 4) is 5.75 Å². The van der Waals surface area contributed by atoms with E-state index in [4.69, 9.17) is 4.74 Å². The third-order valence-corrected chi connectivity index (χ3v) is 6.34. The molecule has 2 fully saturated rings. The second-order valence-electron chi connectivity index (χ2n) is 6.44. The molecule has 1 aromatic rings. The molecular formula is C18H27NOS. The number of hydrogen-bond acceptors (Lipinski definition) is 3. The van der Waals surface area contributed by atoms with Crippen LogP contribution >= 0.6 is 11.8 Å². The molecule has 0 spiro atoms. The topological polar surface area (TPSA) is 21.3 Å². The van der Waals surface area contributed by atoms with E-state index in [9.17, 15) is 0 Å². The SMILES string of the molecule is COc1ccccc1C1CC(NC2CCCCC2SC)C1. The van der Waals surface area contributed by atoms with E-state index < -0.39 is 0 Å². The van der Waals surface area contributed by atoms with Gasteiger partial charge >= 0.3 is 0 Å². The van der Waals surface area contributed by atoms with E-state index in [0.717, 1.165) is 17.0 Å². The van der Waals surface area contributed by atoms with Gasteiger partial charge in [0.1, 0.15) is 5.75 Å². The second kappa shape index (κ2) is 7.06. The van der Waals surface area contributed by atoms with Crippen LogP contribution in [0.1, 0.15) is 50.0 Å². The van der Waals surface area contributed by atoms with Gasteiger partial charge < -0.3 is 10.1 Å². The first-order chi connectivity index (χ1) is 10.3. The van der Waals surface area contributed by atoms with Gasteiger partial charge in [0.25, 0.3) is 0 Å². The Morgan fingerprint density at radius 2 is 1.90 bits per heavy atom. The number of hydrogen-bond donors (Lipinski definition) is 1. The van der Waals surface area contributed by atoms with E-state index in [0.29, 0.717) is 12.0 Å². The number of methoxy groups -OCH3 is 1. The van der Waals surface area contributed by atoms with E-state index in [1.165, 1.54) is 44.1 Å². The summed E-state index contributed by atoms with van der Waals surface area (Å²) in [5, 5.41) is 4.76. The summed E-state index contributed by atoms with van der Waals surface area (Å²) in [6.07, 6.45) is 10.4. The molecule has 0 heterocycles. The molecule has 0 bridgehead atoms. The van der Waals surface area contributed by atoms with Crippen LogP contribution in [0.4, 0.5) is 0 Å². The van der Waals surface area contributed by atoms with Gasteiger partial charge in [0.15, 0.2) is 0 Å². The second-order valence-corrected chi connectivity index (χ2v) is 7.52. The number of thioether (sulfide) groups is 1. The fraction of sp³-hybridized carbons (Fsp3) is 0.667. The highest BCUT2D eigenvalue weighted by molar-refractivity contribution is 7.99.